The molecule has 2 heteroatoms. The van der Waals surface area contributed by atoms with Crippen molar-refractivity contribution in [3.8, 4) is 0 Å². The maximum absolute atomic E-state index is 3.93. The standard InChI is InChI=1S/C46H50N2/c1-6-35(2)11-10-34-47(41-22-12-36(3)13-23-41)42-28-18-39(19-29-42)46(32-8-7-9-33-46)40-20-30-45(31-21-40)48(43-24-14-37(4)15-25-43)44-26-16-38(5)17-27-44/h6,11-31H,1,7-10,32-34H2,2-5H3/b35-11-. The molecule has 0 bridgehead atoms. The van der Waals surface area contributed by atoms with Crippen LogP contribution in [0, 0.1) is 20.8 Å². The van der Waals surface area contributed by atoms with E-state index in [-0.39, 0.29) is 5.41 Å². The van der Waals surface area contributed by atoms with Gasteiger partial charge in [-0.15, -0.1) is 0 Å². The Balaban J connectivity index is 1.33. The molecule has 0 unspecified atom stereocenters. The summed E-state index contributed by atoms with van der Waals surface area (Å²) >= 11 is 0. The summed E-state index contributed by atoms with van der Waals surface area (Å²) in [7, 11) is 0. The molecule has 48 heavy (non-hydrogen) atoms. The lowest BCUT2D eigenvalue weighted by Gasteiger charge is -2.39. The first-order valence-electron chi connectivity index (χ1n) is 17.6. The summed E-state index contributed by atoms with van der Waals surface area (Å²) in [5.74, 6) is 0. The SMILES string of the molecule is C=C/C(C)=C\CCN(c1ccc(C)cc1)c1ccc(C2(c3ccc(N(c4ccc(C)cc4)c4ccc(C)cc4)cc3)CCCCC2)cc1. The zero-order chi connectivity index (χ0) is 33.5. The van der Waals surface area contributed by atoms with Gasteiger partial charge >= 0.3 is 0 Å². The highest BCUT2D eigenvalue weighted by atomic mass is 15.1. The van der Waals surface area contributed by atoms with Crippen molar-refractivity contribution < 1.29 is 0 Å². The van der Waals surface area contributed by atoms with Crippen molar-refractivity contribution in [2.45, 2.75) is 71.6 Å². The normalized spacial score (nSPS) is 14.4. The smallest absolute Gasteiger partial charge is 0.0461 e. The molecule has 0 amide bonds. The highest BCUT2D eigenvalue weighted by molar-refractivity contribution is 5.77. The lowest BCUT2D eigenvalue weighted by molar-refractivity contribution is 0.346. The van der Waals surface area contributed by atoms with E-state index in [9.17, 15) is 0 Å². The Kier molecular flexibility index (Phi) is 10.3. The van der Waals surface area contributed by atoms with Crippen LogP contribution in [-0.4, -0.2) is 6.54 Å². The van der Waals surface area contributed by atoms with Crippen molar-refractivity contribution in [2.75, 3.05) is 16.3 Å². The fourth-order valence-corrected chi connectivity index (χ4v) is 7.26. The van der Waals surface area contributed by atoms with Crippen molar-refractivity contribution in [3.05, 3.63) is 173 Å². The van der Waals surface area contributed by atoms with E-state index in [0.717, 1.165) is 13.0 Å². The fourth-order valence-electron chi connectivity index (χ4n) is 7.26. The van der Waals surface area contributed by atoms with E-state index in [4.69, 9.17) is 0 Å². The van der Waals surface area contributed by atoms with Crippen molar-refractivity contribution in [2.24, 2.45) is 0 Å². The maximum Gasteiger partial charge on any atom is 0.0461 e. The summed E-state index contributed by atoms with van der Waals surface area (Å²) in [5.41, 5.74) is 13.9. The van der Waals surface area contributed by atoms with Crippen LogP contribution in [0.4, 0.5) is 28.4 Å². The van der Waals surface area contributed by atoms with Crippen molar-refractivity contribution in [1.29, 1.82) is 0 Å². The number of hydrogen-bond donors (Lipinski definition) is 0. The van der Waals surface area contributed by atoms with Gasteiger partial charge in [-0.3, -0.25) is 0 Å². The van der Waals surface area contributed by atoms with E-state index in [2.05, 4.69) is 171 Å². The summed E-state index contributed by atoms with van der Waals surface area (Å²) in [5, 5.41) is 0. The van der Waals surface area contributed by atoms with Crippen LogP contribution in [0.1, 0.15) is 73.3 Å². The monoisotopic (exact) mass is 630 g/mol. The van der Waals surface area contributed by atoms with E-state index in [1.54, 1.807) is 0 Å². The summed E-state index contributed by atoms with van der Waals surface area (Å²) < 4.78 is 0. The molecule has 6 rings (SSSR count). The molecule has 1 aliphatic carbocycles. The van der Waals surface area contributed by atoms with Crippen LogP contribution in [0.15, 0.2) is 146 Å². The molecule has 0 atom stereocenters. The Hall–Kier alpha value is -4.82. The van der Waals surface area contributed by atoms with Gasteiger partial charge in [-0.05, 0) is 119 Å². The third kappa shape index (κ3) is 7.34. The molecule has 2 nitrogen and oxygen atoms in total. The van der Waals surface area contributed by atoms with Crippen LogP contribution in [0.3, 0.4) is 0 Å². The van der Waals surface area contributed by atoms with E-state index in [1.165, 1.54) is 93.9 Å². The molecule has 5 aromatic carbocycles. The second-order valence-corrected chi connectivity index (χ2v) is 13.7. The van der Waals surface area contributed by atoms with Gasteiger partial charge in [0.25, 0.3) is 0 Å². The van der Waals surface area contributed by atoms with Crippen LogP contribution in [0.2, 0.25) is 0 Å². The van der Waals surface area contributed by atoms with Crippen LogP contribution in [0.25, 0.3) is 0 Å². The molecule has 0 N–H and O–H groups in total. The van der Waals surface area contributed by atoms with Crippen LogP contribution >= 0.6 is 0 Å². The number of benzene rings is 5. The van der Waals surface area contributed by atoms with Gasteiger partial charge in [0, 0.05) is 40.4 Å². The third-order valence-corrected chi connectivity index (χ3v) is 10.2. The summed E-state index contributed by atoms with van der Waals surface area (Å²) in [6.45, 7) is 13.4. The number of hydrogen-bond acceptors (Lipinski definition) is 2. The molecule has 1 saturated carbocycles. The molecular formula is C46H50N2. The highest BCUT2D eigenvalue weighted by Gasteiger charge is 2.36. The van der Waals surface area contributed by atoms with Gasteiger partial charge in [0.1, 0.15) is 0 Å². The predicted octanol–water partition coefficient (Wildman–Crippen LogP) is 13.0. The maximum atomic E-state index is 3.93. The first kappa shape index (κ1) is 33.1. The molecule has 0 radical (unpaired) electrons. The topological polar surface area (TPSA) is 6.48 Å². The number of allylic oxidation sites excluding steroid dienone is 2. The number of nitrogens with zero attached hydrogens (tertiary/aromatic N) is 2. The van der Waals surface area contributed by atoms with E-state index in [1.807, 2.05) is 6.08 Å². The van der Waals surface area contributed by atoms with Crippen LogP contribution < -0.4 is 9.80 Å². The first-order chi connectivity index (χ1) is 23.4. The first-order valence-corrected chi connectivity index (χ1v) is 17.6. The fraction of sp³-hybridized carbons (Fsp3) is 0.261. The van der Waals surface area contributed by atoms with Gasteiger partial charge in [-0.2, -0.15) is 0 Å². The van der Waals surface area contributed by atoms with Gasteiger partial charge in [-0.25, -0.2) is 0 Å². The molecule has 0 heterocycles. The Morgan fingerprint density at radius 3 is 1.35 bits per heavy atom. The quantitative estimate of drug-likeness (QED) is 0.134. The van der Waals surface area contributed by atoms with Crippen molar-refractivity contribution in [3.63, 3.8) is 0 Å². The summed E-state index contributed by atoms with van der Waals surface area (Å²) in [4.78, 5) is 4.82. The predicted molar refractivity (Wildman–Crippen MR) is 208 cm³/mol. The van der Waals surface area contributed by atoms with Gasteiger partial charge in [0.2, 0.25) is 0 Å². The van der Waals surface area contributed by atoms with E-state index < -0.39 is 0 Å². The minimum absolute atomic E-state index is 0.0202. The van der Waals surface area contributed by atoms with Gasteiger partial charge in [0.15, 0.2) is 0 Å². The zero-order valence-corrected chi connectivity index (χ0v) is 29.3. The average molecular weight is 631 g/mol. The molecule has 1 fully saturated rings. The Bertz CT molecular complexity index is 1760. The second-order valence-electron chi connectivity index (χ2n) is 13.7. The van der Waals surface area contributed by atoms with Gasteiger partial charge in [-0.1, -0.05) is 121 Å². The molecular weight excluding hydrogens is 581 g/mol. The van der Waals surface area contributed by atoms with Gasteiger partial charge in [0.05, 0.1) is 0 Å². The second kappa shape index (κ2) is 14.9. The lowest BCUT2D eigenvalue weighted by atomic mass is 9.65. The Morgan fingerprint density at radius 1 is 0.562 bits per heavy atom. The molecule has 0 saturated heterocycles. The number of anilines is 5. The number of aryl methyl sites for hydroxylation is 3. The third-order valence-electron chi connectivity index (χ3n) is 10.2. The van der Waals surface area contributed by atoms with E-state index in [0.29, 0.717) is 0 Å². The lowest BCUT2D eigenvalue weighted by Crippen LogP contribution is -2.30. The molecule has 5 aromatic rings. The molecule has 244 valence electrons. The largest absolute Gasteiger partial charge is 0.341 e. The minimum atomic E-state index is 0.0202. The van der Waals surface area contributed by atoms with Crippen molar-refractivity contribution >= 4 is 28.4 Å². The van der Waals surface area contributed by atoms with Crippen molar-refractivity contribution in [1.82, 2.24) is 0 Å². The molecule has 0 aliphatic heterocycles. The van der Waals surface area contributed by atoms with Crippen LogP contribution in [-0.2, 0) is 5.41 Å². The summed E-state index contributed by atoms with van der Waals surface area (Å²) in [6.07, 6.45) is 11.4. The van der Waals surface area contributed by atoms with Gasteiger partial charge < -0.3 is 9.80 Å². The van der Waals surface area contributed by atoms with Crippen LogP contribution in [0.5, 0.6) is 0 Å². The summed E-state index contributed by atoms with van der Waals surface area (Å²) in [6, 6.07) is 45.6. The molecule has 1 aliphatic rings. The van der Waals surface area contributed by atoms with E-state index >= 15 is 0 Å². The Morgan fingerprint density at radius 2 is 0.938 bits per heavy atom. The Labute approximate surface area is 289 Å². The highest BCUT2D eigenvalue weighted by Crippen LogP contribution is 2.46. The minimum Gasteiger partial charge on any atom is -0.341 e. The number of rotatable bonds is 11. The zero-order valence-electron chi connectivity index (χ0n) is 29.3. The molecule has 0 aromatic heterocycles. The molecule has 0 spiro atoms. The average Bonchev–Trinajstić information content (AvgIpc) is 3.13.